The van der Waals surface area contributed by atoms with Crippen LogP contribution in [-0.4, -0.2) is 53.4 Å². The van der Waals surface area contributed by atoms with Gasteiger partial charge in [-0.3, -0.25) is 14.3 Å². The number of tetrazole rings is 1. The van der Waals surface area contributed by atoms with Crippen LogP contribution in [0.4, 0.5) is 0 Å². The van der Waals surface area contributed by atoms with Gasteiger partial charge in [0, 0.05) is 25.1 Å². The monoisotopic (exact) mass is 526 g/mol. The molecule has 3 heterocycles. The summed E-state index contributed by atoms with van der Waals surface area (Å²) in [6.45, 7) is 0.921. The smallest absolute Gasteiger partial charge is 0.330 e. The second-order valence-electron chi connectivity index (χ2n) is 9.95. The number of aromatic amines is 2. The van der Waals surface area contributed by atoms with E-state index in [9.17, 15) is 9.59 Å². The highest BCUT2D eigenvalue weighted by molar-refractivity contribution is 5.80. The maximum absolute atomic E-state index is 13.6. The Kier molecular flexibility index (Phi) is 6.89. The number of fused-ring (bicyclic) bond motifs is 1. The number of nitrogens with one attached hydrogen (secondary N) is 2. The van der Waals surface area contributed by atoms with E-state index in [2.05, 4.69) is 49.9 Å². The molecule has 11 heteroatoms. The van der Waals surface area contributed by atoms with Crippen LogP contribution in [0.3, 0.4) is 0 Å². The SMILES string of the molecule is COCCn1c(=O)[nH]c2nc(C3CCCCC3)n(Cc3ccc(-c4ccccc4-c4nn[nH]n4)cc3)c2c1=O. The molecular weight excluding hydrogens is 496 g/mol. The van der Waals surface area contributed by atoms with Gasteiger partial charge < -0.3 is 9.30 Å². The summed E-state index contributed by atoms with van der Waals surface area (Å²) in [4.78, 5) is 33.9. The Morgan fingerprint density at radius 2 is 1.74 bits per heavy atom. The number of hydrogen-bond acceptors (Lipinski definition) is 7. The summed E-state index contributed by atoms with van der Waals surface area (Å²) in [5.41, 5.74) is 3.91. The van der Waals surface area contributed by atoms with Gasteiger partial charge in [-0.1, -0.05) is 67.8 Å². The molecule has 1 aliphatic carbocycles. The van der Waals surface area contributed by atoms with Gasteiger partial charge in [0.1, 0.15) is 5.82 Å². The highest BCUT2D eigenvalue weighted by Gasteiger charge is 2.25. The number of H-pyrrole nitrogens is 2. The van der Waals surface area contributed by atoms with Crippen LogP contribution in [0.15, 0.2) is 58.1 Å². The minimum absolute atomic E-state index is 0.180. The van der Waals surface area contributed by atoms with Crippen molar-refractivity contribution in [3.8, 4) is 22.5 Å². The fourth-order valence-electron chi connectivity index (χ4n) is 5.56. The van der Waals surface area contributed by atoms with E-state index in [4.69, 9.17) is 9.72 Å². The number of hydrogen-bond donors (Lipinski definition) is 2. The molecule has 0 saturated heterocycles. The second kappa shape index (κ2) is 10.8. The van der Waals surface area contributed by atoms with Crippen molar-refractivity contribution >= 4 is 11.2 Å². The standard InChI is InChI=1S/C28H30N8O3/c1-39-16-15-35-27(37)23-25(30-28(35)38)29-26(20-7-3-2-4-8-20)36(23)17-18-11-13-19(14-12-18)21-9-5-6-10-22(21)24-31-33-34-32-24/h5-6,9-14,20H,2-4,7-8,15-17H2,1H3,(H,30,38)(H,31,32,33,34). The summed E-state index contributed by atoms with van der Waals surface area (Å²) >= 11 is 0. The van der Waals surface area contributed by atoms with Crippen LogP contribution < -0.4 is 11.2 Å². The van der Waals surface area contributed by atoms with Crippen molar-refractivity contribution < 1.29 is 4.74 Å². The van der Waals surface area contributed by atoms with Crippen molar-refractivity contribution in [1.29, 1.82) is 0 Å². The van der Waals surface area contributed by atoms with E-state index in [1.54, 1.807) is 7.11 Å². The van der Waals surface area contributed by atoms with Crippen LogP contribution in [0.25, 0.3) is 33.7 Å². The van der Waals surface area contributed by atoms with Crippen LogP contribution in [0.1, 0.15) is 49.4 Å². The molecular formula is C28H30N8O3. The topological polar surface area (TPSA) is 136 Å². The van der Waals surface area contributed by atoms with Gasteiger partial charge in [0.15, 0.2) is 11.2 Å². The lowest BCUT2D eigenvalue weighted by Crippen LogP contribution is -2.37. The summed E-state index contributed by atoms with van der Waals surface area (Å²) in [7, 11) is 1.55. The van der Waals surface area contributed by atoms with Gasteiger partial charge in [0.2, 0.25) is 5.82 Å². The lowest BCUT2D eigenvalue weighted by atomic mass is 9.88. The van der Waals surface area contributed by atoms with E-state index in [1.807, 2.05) is 28.8 Å². The van der Waals surface area contributed by atoms with Crippen molar-refractivity contribution in [2.75, 3.05) is 13.7 Å². The number of methoxy groups -OCH3 is 1. The largest absolute Gasteiger partial charge is 0.383 e. The van der Waals surface area contributed by atoms with E-state index in [0.717, 1.165) is 53.8 Å². The van der Waals surface area contributed by atoms with Gasteiger partial charge in [0.05, 0.1) is 13.2 Å². The Bertz CT molecular complexity index is 1690. The Morgan fingerprint density at radius 1 is 0.974 bits per heavy atom. The zero-order valence-electron chi connectivity index (χ0n) is 21.8. The molecule has 200 valence electrons. The minimum atomic E-state index is -0.464. The highest BCUT2D eigenvalue weighted by Crippen LogP contribution is 2.34. The van der Waals surface area contributed by atoms with E-state index in [-0.39, 0.29) is 24.6 Å². The molecule has 1 fully saturated rings. The Balaban J connectivity index is 1.40. The summed E-state index contributed by atoms with van der Waals surface area (Å²) in [6, 6.07) is 16.2. The predicted molar refractivity (Wildman–Crippen MR) is 146 cm³/mol. The molecule has 0 atom stereocenters. The third-order valence-corrected chi connectivity index (χ3v) is 7.52. The number of ether oxygens (including phenoxy) is 1. The first kappa shape index (κ1) is 24.9. The van der Waals surface area contributed by atoms with Crippen molar-refractivity contribution in [2.45, 2.75) is 51.1 Å². The van der Waals surface area contributed by atoms with Crippen LogP contribution in [0.2, 0.25) is 0 Å². The Morgan fingerprint density at radius 3 is 2.46 bits per heavy atom. The maximum Gasteiger partial charge on any atom is 0.330 e. The number of nitrogens with zero attached hydrogens (tertiary/aromatic N) is 6. The van der Waals surface area contributed by atoms with Gasteiger partial charge in [-0.05, 0) is 34.7 Å². The number of aromatic nitrogens is 8. The normalized spacial score (nSPS) is 14.3. The lowest BCUT2D eigenvalue weighted by Gasteiger charge is -2.22. The van der Waals surface area contributed by atoms with Crippen LogP contribution in [-0.2, 0) is 17.8 Å². The molecule has 0 radical (unpaired) electrons. The molecule has 0 aliphatic heterocycles. The van der Waals surface area contributed by atoms with Crippen molar-refractivity contribution in [1.82, 2.24) is 39.7 Å². The fraction of sp³-hybridized carbons (Fsp3) is 0.357. The van der Waals surface area contributed by atoms with E-state index in [0.29, 0.717) is 23.5 Å². The summed E-state index contributed by atoms with van der Waals surface area (Å²) < 4.78 is 8.34. The highest BCUT2D eigenvalue weighted by atomic mass is 16.5. The molecule has 3 aromatic heterocycles. The van der Waals surface area contributed by atoms with Gasteiger partial charge in [-0.2, -0.15) is 5.21 Å². The third-order valence-electron chi connectivity index (χ3n) is 7.52. The van der Waals surface area contributed by atoms with Crippen LogP contribution >= 0.6 is 0 Å². The molecule has 1 aliphatic rings. The molecule has 0 bridgehead atoms. The van der Waals surface area contributed by atoms with Gasteiger partial charge in [-0.25, -0.2) is 9.78 Å². The fourth-order valence-corrected chi connectivity index (χ4v) is 5.56. The Hall–Kier alpha value is -4.38. The first-order valence-electron chi connectivity index (χ1n) is 13.3. The molecule has 39 heavy (non-hydrogen) atoms. The van der Waals surface area contributed by atoms with Gasteiger partial charge in [0.25, 0.3) is 5.56 Å². The molecule has 0 spiro atoms. The zero-order valence-corrected chi connectivity index (χ0v) is 21.8. The third kappa shape index (κ3) is 4.81. The van der Waals surface area contributed by atoms with E-state index >= 15 is 0 Å². The van der Waals surface area contributed by atoms with Crippen molar-refractivity contribution in [2.24, 2.45) is 0 Å². The number of rotatable bonds is 8. The molecule has 11 nitrogen and oxygen atoms in total. The molecule has 2 aromatic carbocycles. The summed E-state index contributed by atoms with van der Waals surface area (Å²) in [5, 5.41) is 14.5. The first-order valence-corrected chi connectivity index (χ1v) is 13.3. The lowest BCUT2D eigenvalue weighted by molar-refractivity contribution is 0.185. The second-order valence-corrected chi connectivity index (χ2v) is 9.95. The molecule has 0 unspecified atom stereocenters. The molecule has 0 amide bonds. The van der Waals surface area contributed by atoms with Crippen LogP contribution in [0.5, 0.6) is 0 Å². The Labute approximate surface area is 223 Å². The van der Waals surface area contributed by atoms with Crippen LogP contribution in [0, 0.1) is 0 Å². The summed E-state index contributed by atoms with van der Waals surface area (Å²) in [5.74, 6) is 1.66. The predicted octanol–water partition coefficient (Wildman–Crippen LogP) is 3.48. The minimum Gasteiger partial charge on any atom is -0.383 e. The molecule has 1 saturated carbocycles. The average molecular weight is 527 g/mol. The molecule has 2 N–H and O–H groups in total. The summed E-state index contributed by atoms with van der Waals surface area (Å²) in [6.07, 6.45) is 5.53. The van der Waals surface area contributed by atoms with Gasteiger partial charge in [-0.15, -0.1) is 10.2 Å². The molecule has 5 aromatic rings. The van der Waals surface area contributed by atoms with E-state index in [1.165, 1.54) is 11.0 Å². The van der Waals surface area contributed by atoms with Crippen molar-refractivity contribution in [3.05, 3.63) is 80.8 Å². The van der Waals surface area contributed by atoms with Gasteiger partial charge >= 0.3 is 5.69 Å². The molecule has 6 rings (SSSR count). The zero-order chi connectivity index (χ0) is 26.8. The maximum atomic E-state index is 13.6. The van der Waals surface area contributed by atoms with E-state index < -0.39 is 5.69 Å². The average Bonchev–Trinajstić information content (AvgIpc) is 3.63. The first-order chi connectivity index (χ1) is 19.1. The number of imidazole rings is 1. The van der Waals surface area contributed by atoms with Crippen molar-refractivity contribution in [3.63, 3.8) is 0 Å². The number of benzene rings is 2. The quantitative estimate of drug-likeness (QED) is 0.316.